The Morgan fingerprint density at radius 1 is 1.24 bits per heavy atom. The van der Waals surface area contributed by atoms with Crippen molar-refractivity contribution in [3.05, 3.63) is 45.5 Å². The van der Waals surface area contributed by atoms with E-state index in [1.165, 1.54) is 42.7 Å². The van der Waals surface area contributed by atoms with Gasteiger partial charge < -0.3 is 9.88 Å². The molecule has 0 radical (unpaired) electrons. The van der Waals surface area contributed by atoms with Crippen LogP contribution in [0.3, 0.4) is 0 Å². The summed E-state index contributed by atoms with van der Waals surface area (Å²) in [5, 5.41) is 13.3. The summed E-state index contributed by atoms with van der Waals surface area (Å²) < 4.78 is 15.7. The molecule has 1 aliphatic heterocycles. The van der Waals surface area contributed by atoms with Crippen LogP contribution in [0.2, 0.25) is 0 Å². The number of rotatable bonds is 2. The normalized spacial score (nSPS) is 20.2. The second-order valence-electron chi connectivity index (χ2n) is 6.51. The Labute approximate surface area is 148 Å². The zero-order chi connectivity index (χ0) is 17.4. The third kappa shape index (κ3) is 3.04. The van der Waals surface area contributed by atoms with Crippen LogP contribution in [0.4, 0.5) is 10.1 Å². The number of anilines is 1. The monoisotopic (exact) mass is 358 g/mol. The summed E-state index contributed by atoms with van der Waals surface area (Å²) in [6, 6.07) is 4.62. The van der Waals surface area contributed by atoms with Crippen LogP contribution in [0.15, 0.2) is 33.8 Å². The number of aryl methyl sites for hydroxylation is 1. The van der Waals surface area contributed by atoms with E-state index in [-0.39, 0.29) is 11.6 Å². The van der Waals surface area contributed by atoms with Crippen molar-refractivity contribution < 1.29 is 9.18 Å². The topological polar surface area (TPSA) is 58.8 Å². The van der Waals surface area contributed by atoms with Gasteiger partial charge in [0, 0.05) is 22.7 Å². The van der Waals surface area contributed by atoms with Crippen molar-refractivity contribution in [1.29, 1.82) is 0 Å². The van der Waals surface area contributed by atoms with Crippen LogP contribution in [0.1, 0.15) is 49.4 Å². The van der Waals surface area contributed by atoms with Crippen molar-refractivity contribution >= 4 is 28.6 Å². The van der Waals surface area contributed by atoms with E-state index in [0.717, 1.165) is 23.3 Å². The highest BCUT2D eigenvalue weighted by Crippen LogP contribution is 2.28. The van der Waals surface area contributed by atoms with Crippen LogP contribution in [-0.2, 0) is 4.79 Å². The Hall–Kier alpha value is -2.28. The zero-order valence-electron chi connectivity index (χ0n) is 14.0. The molecular weight excluding hydrogens is 339 g/mol. The number of nitrogens with one attached hydrogen (secondary N) is 1. The maximum Gasteiger partial charge on any atom is 0.276 e. The second-order valence-corrected chi connectivity index (χ2v) is 7.35. The SMILES string of the molecule is Cc1csc(=NN=C2C(=O)Nc3ccc(F)cc32)n1C1CCCCC1. The zero-order valence-corrected chi connectivity index (χ0v) is 14.8. The van der Waals surface area contributed by atoms with E-state index < -0.39 is 5.82 Å². The minimum Gasteiger partial charge on any atom is -0.320 e. The third-order valence-corrected chi connectivity index (χ3v) is 5.74. The van der Waals surface area contributed by atoms with Gasteiger partial charge >= 0.3 is 0 Å². The number of benzene rings is 1. The molecule has 25 heavy (non-hydrogen) atoms. The largest absolute Gasteiger partial charge is 0.320 e. The van der Waals surface area contributed by atoms with Gasteiger partial charge in [0.05, 0.1) is 5.69 Å². The minimum atomic E-state index is -0.396. The van der Waals surface area contributed by atoms with E-state index in [4.69, 9.17) is 0 Å². The van der Waals surface area contributed by atoms with Gasteiger partial charge in [-0.2, -0.15) is 0 Å². The molecule has 1 aromatic heterocycles. The molecule has 0 unspecified atom stereocenters. The van der Waals surface area contributed by atoms with Crippen LogP contribution in [0, 0.1) is 12.7 Å². The number of aromatic nitrogens is 1. The van der Waals surface area contributed by atoms with Gasteiger partial charge in [-0.05, 0) is 38.0 Å². The van der Waals surface area contributed by atoms with Crippen LogP contribution >= 0.6 is 11.3 Å². The van der Waals surface area contributed by atoms with E-state index in [1.807, 2.05) is 0 Å². The Morgan fingerprint density at radius 3 is 2.84 bits per heavy atom. The highest BCUT2D eigenvalue weighted by Gasteiger charge is 2.26. The van der Waals surface area contributed by atoms with Gasteiger partial charge in [0.15, 0.2) is 5.71 Å². The molecule has 0 atom stereocenters. The molecule has 1 aliphatic carbocycles. The fraction of sp³-hybridized carbons (Fsp3) is 0.389. The van der Waals surface area contributed by atoms with Crippen molar-refractivity contribution in [1.82, 2.24) is 4.57 Å². The molecule has 0 bridgehead atoms. The fourth-order valence-electron chi connectivity index (χ4n) is 3.57. The maximum atomic E-state index is 13.5. The number of fused-ring (bicyclic) bond motifs is 1. The predicted octanol–water partition coefficient (Wildman–Crippen LogP) is 3.76. The lowest BCUT2D eigenvalue weighted by atomic mass is 9.95. The summed E-state index contributed by atoms with van der Waals surface area (Å²) >= 11 is 1.52. The fourth-order valence-corrected chi connectivity index (χ4v) is 4.46. The van der Waals surface area contributed by atoms with Gasteiger partial charge in [0.1, 0.15) is 5.82 Å². The van der Waals surface area contributed by atoms with Crippen LogP contribution in [0.5, 0.6) is 0 Å². The number of hydrogen-bond donors (Lipinski definition) is 1. The van der Waals surface area contributed by atoms with Gasteiger partial charge in [-0.15, -0.1) is 21.5 Å². The molecule has 2 heterocycles. The standard InChI is InChI=1S/C18H19FN4OS/c1-11-10-25-18(23(11)13-5-3-2-4-6-13)22-21-16-14-9-12(19)7-8-15(14)20-17(16)24/h7-10,13H,2-6H2,1H3,(H,20,21,24). The van der Waals surface area contributed by atoms with E-state index in [2.05, 4.69) is 32.4 Å². The average Bonchev–Trinajstić information content (AvgIpc) is 3.13. The number of thiazole rings is 1. The highest BCUT2D eigenvalue weighted by molar-refractivity contribution is 7.07. The van der Waals surface area contributed by atoms with Crippen LogP contribution in [0.25, 0.3) is 0 Å². The Balaban J connectivity index is 1.74. The van der Waals surface area contributed by atoms with Crippen molar-refractivity contribution in [3.63, 3.8) is 0 Å². The molecule has 7 heteroatoms. The van der Waals surface area contributed by atoms with E-state index in [9.17, 15) is 9.18 Å². The molecule has 0 spiro atoms. The lowest BCUT2D eigenvalue weighted by Gasteiger charge is -2.24. The minimum absolute atomic E-state index is 0.163. The van der Waals surface area contributed by atoms with Gasteiger partial charge in [-0.3, -0.25) is 4.79 Å². The quantitative estimate of drug-likeness (QED) is 0.817. The second kappa shape index (κ2) is 6.55. The van der Waals surface area contributed by atoms with Gasteiger partial charge in [0.2, 0.25) is 4.80 Å². The van der Waals surface area contributed by atoms with Crippen molar-refractivity contribution in [2.45, 2.75) is 45.1 Å². The molecule has 2 aliphatic rings. The third-order valence-electron chi connectivity index (χ3n) is 4.80. The molecule has 5 nitrogen and oxygen atoms in total. The molecule has 1 saturated carbocycles. The summed E-state index contributed by atoms with van der Waals surface area (Å²) in [5.74, 6) is -0.742. The number of hydrogen-bond acceptors (Lipinski definition) is 4. The number of carbonyl (C=O) groups is 1. The van der Waals surface area contributed by atoms with Crippen molar-refractivity contribution in [2.24, 2.45) is 10.2 Å². The smallest absolute Gasteiger partial charge is 0.276 e. The van der Waals surface area contributed by atoms with E-state index >= 15 is 0 Å². The highest BCUT2D eigenvalue weighted by atomic mass is 32.1. The van der Waals surface area contributed by atoms with Crippen LogP contribution in [-0.4, -0.2) is 16.2 Å². The first-order valence-corrected chi connectivity index (χ1v) is 9.41. The first kappa shape index (κ1) is 16.2. The molecule has 1 aromatic carbocycles. The number of amides is 1. The first-order valence-electron chi connectivity index (χ1n) is 8.53. The first-order chi connectivity index (χ1) is 12.1. The Bertz CT molecular complexity index is 921. The summed E-state index contributed by atoms with van der Waals surface area (Å²) in [6.45, 7) is 2.07. The lowest BCUT2D eigenvalue weighted by molar-refractivity contribution is -0.110. The molecule has 2 aromatic rings. The van der Waals surface area contributed by atoms with Crippen molar-refractivity contribution in [2.75, 3.05) is 5.32 Å². The van der Waals surface area contributed by atoms with E-state index in [0.29, 0.717) is 17.3 Å². The predicted molar refractivity (Wildman–Crippen MR) is 96.3 cm³/mol. The number of nitrogens with zero attached hydrogens (tertiary/aromatic N) is 3. The number of halogens is 1. The van der Waals surface area contributed by atoms with Gasteiger partial charge in [-0.25, -0.2) is 4.39 Å². The molecular formula is C18H19FN4OS. The lowest BCUT2D eigenvalue weighted by Crippen LogP contribution is -2.24. The molecule has 1 N–H and O–H groups in total. The summed E-state index contributed by atoms with van der Waals surface area (Å²) in [7, 11) is 0. The molecule has 130 valence electrons. The van der Waals surface area contributed by atoms with Gasteiger partial charge in [0.25, 0.3) is 5.91 Å². The summed E-state index contributed by atoms with van der Waals surface area (Å²) in [4.78, 5) is 12.9. The molecule has 1 fully saturated rings. The summed E-state index contributed by atoms with van der Waals surface area (Å²) in [5.41, 5.74) is 2.36. The van der Waals surface area contributed by atoms with Crippen molar-refractivity contribution in [3.8, 4) is 0 Å². The average molecular weight is 358 g/mol. The molecule has 0 saturated heterocycles. The Kier molecular flexibility index (Phi) is 4.25. The molecule has 4 rings (SSSR count). The maximum absolute atomic E-state index is 13.5. The van der Waals surface area contributed by atoms with E-state index in [1.54, 1.807) is 6.07 Å². The molecule has 1 amide bonds. The van der Waals surface area contributed by atoms with Gasteiger partial charge in [-0.1, -0.05) is 19.3 Å². The Morgan fingerprint density at radius 2 is 2.04 bits per heavy atom. The summed E-state index contributed by atoms with van der Waals surface area (Å²) in [6.07, 6.45) is 6.05. The number of carbonyl (C=O) groups excluding carboxylic acids is 1. The van der Waals surface area contributed by atoms with Crippen LogP contribution < -0.4 is 10.1 Å².